The van der Waals surface area contributed by atoms with E-state index in [0.717, 1.165) is 16.6 Å². The second-order valence-corrected chi connectivity index (χ2v) is 3.13. The summed E-state index contributed by atoms with van der Waals surface area (Å²) in [7, 11) is 4.45. The Morgan fingerprint density at radius 2 is 2.23 bits per heavy atom. The van der Waals surface area contributed by atoms with Gasteiger partial charge in [-0.05, 0) is 11.4 Å². The van der Waals surface area contributed by atoms with E-state index in [1.54, 1.807) is 13.1 Å². The fourth-order valence-electron chi connectivity index (χ4n) is 1.07. The van der Waals surface area contributed by atoms with Crippen molar-refractivity contribution >= 4 is 20.3 Å². The number of nitrogens with one attached hydrogen (secondary N) is 1. The van der Waals surface area contributed by atoms with E-state index in [4.69, 9.17) is 0 Å². The maximum Gasteiger partial charge on any atom is 0.0901 e. The van der Waals surface area contributed by atoms with Crippen molar-refractivity contribution in [3.63, 3.8) is 0 Å². The molecule has 13 heavy (non-hydrogen) atoms. The Balaban J connectivity index is 3.12. The normalized spacial score (nSPS) is 11.1. The minimum absolute atomic E-state index is 0.855. The Hall–Kier alpha value is -1.14. The first-order valence-corrected chi connectivity index (χ1v) is 4.59. The molecule has 0 amide bonds. The predicted octanol–water partition coefficient (Wildman–Crippen LogP) is 1.30. The van der Waals surface area contributed by atoms with Gasteiger partial charge in [0.25, 0.3) is 0 Å². The standard InChI is InChI=1S/C10H13N2P/c1-3-9(12-11-2)8-6-4-5-7-10(8)13/h3-7,11H,1,13H2,2H3/b12-9+. The lowest BCUT2D eigenvalue weighted by molar-refractivity contribution is 0.903. The SMILES string of the molecule is C=C/C(=N\NC)c1ccccc1P. The van der Waals surface area contributed by atoms with Crippen LogP contribution in [0.1, 0.15) is 5.56 Å². The fraction of sp³-hybridized carbons (Fsp3) is 0.100. The lowest BCUT2D eigenvalue weighted by Crippen LogP contribution is -2.11. The van der Waals surface area contributed by atoms with Crippen molar-refractivity contribution in [3.8, 4) is 0 Å². The Bertz CT molecular complexity index is 331. The van der Waals surface area contributed by atoms with Crippen LogP contribution in [0.4, 0.5) is 0 Å². The van der Waals surface area contributed by atoms with Crippen LogP contribution in [0, 0.1) is 0 Å². The van der Waals surface area contributed by atoms with Crippen LogP contribution in [0.5, 0.6) is 0 Å². The lowest BCUT2D eigenvalue weighted by Gasteiger charge is -2.04. The number of nitrogens with zero attached hydrogens (tertiary/aromatic N) is 1. The molecule has 3 heteroatoms. The quantitative estimate of drug-likeness (QED) is 0.435. The van der Waals surface area contributed by atoms with E-state index in [1.807, 2.05) is 24.3 Å². The number of rotatable bonds is 3. The minimum Gasteiger partial charge on any atom is -0.313 e. The molecule has 0 radical (unpaired) electrons. The van der Waals surface area contributed by atoms with E-state index < -0.39 is 0 Å². The van der Waals surface area contributed by atoms with E-state index in [1.165, 1.54) is 0 Å². The van der Waals surface area contributed by atoms with Gasteiger partial charge in [0.2, 0.25) is 0 Å². The summed E-state index contributed by atoms with van der Waals surface area (Å²) >= 11 is 0. The number of hydrazone groups is 1. The second-order valence-electron chi connectivity index (χ2n) is 2.51. The molecule has 0 saturated heterocycles. The van der Waals surface area contributed by atoms with Crippen molar-refractivity contribution < 1.29 is 0 Å². The lowest BCUT2D eigenvalue weighted by atomic mass is 10.1. The van der Waals surface area contributed by atoms with Gasteiger partial charge >= 0.3 is 0 Å². The monoisotopic (exact) mass is 192 g/mol. The highest BCUT2D eigenvalue weighted by molar-refractivity contribution is 7.27. The molecule has 0 aliphatic rings. The highest BCUT2D eigenvalue weighted by Crippen LogP contribution is 2.03. The first-order valence-electron chi connectivity index (χ1n) is 4.01. The van der Waals surface area contributed by atoms with Crippen LogP contribution >= 0.6 is 9.24 Å². The largest absolute Gasteiger partial charge is 0.313 e. The van der Waals surface area contributed by atoms with Crippen LogP contribution in [-0.2, 0) is 0 Å². The molecule has 0 aliphatic carbocycles. The zero-order valence-corrected chi connectivity index (χ0v) is 8.77. The molecule has 68 valence electrons. The maximum absolute atomic E-state index is 4.11. The van der Waals surface area contributed by atoms with E-state index in [0.29, 0.717) is 0 Å². The van der Waals surface area contributed by atoms with Gasteiger partial charge in [-0.1, -0.05) is 30.8 Å². The van der Waals surface area contributed by atoms with Crippen molar-refractivity contribution in [2.45, 2.75) is 0 Å². The first kappa shape index (κ1) is 9.94. The topological polar surface area (TPSA) is 24.4 Å². The van der Waals surface area contributed by atoms with E-state index in [9.17, 15) is 0 Å². The van der Waals surface area contributed by atoms with Crippen molar-refractivity contribution in [1.29, 1.82) is 0 Å². The van der Waals surface area contributed by atoms with Gasteiger partial charge in [-0.2, -0.15) is 5.10 Å². The minimum atomic E-state index is 0.855. The Morgan fingerprint density at radius 3 is 2.77 bits per heavy atom. The van der Waals surface area contributed by atoms with Gasteiger partial charge in [0.1, 0.15) is 0 Å². The number of benzene rings is 1. The zero-order chi connectivity index (χ0) is 9.68. The van der Waals surface area contributed by atoms with Crippen LogP contribution in [0.25, 0.3) is 0 Å². The summed E-state index contributed by atoms with van der Waals surface area (Å²) in [4.78, 5) is 0. The van der Waals surface area contributed by atoms with Crippen LogP contribution in [0.15, 0.2) is 42.0 Å². The van der Waals surface area contributed by atoms with Crippen LogP contribution in [-0.4, -0.2) is 12.8 Å². The van der Waals surface area contributed by atoms with Gasteiger partial charge in [0.15, 0.2) is 0 Å². The summed E-state index contributed by atoms with van der Waals surface area (Å²) in [5.74, 6) is 0. The average molecular weight is 192 g/mol. The number of hydrogen-bond acceptors (Lipinski definition) is 2. The molecule has 0 aliphatic heterocycles. The van der Waals surface area contributed by atoms with E-state index in [2.05, 4.69) is 26.3 Å². The van der Waals surface area contributed by atoms with Crippen molar-refractivity contribution in [2.75, 3.05) is 7.05 Å². The average Bonchev–Trinajstić information content (AvgIpc) is 2.16. The van der Waals surface area contributed by atoms with Crippen molar-refractivity contribution in [2.24, 2.45) is 5.10 Å². The molecule has 1 unspecified atom stereocenters. The highest BCUT2D eigenvalue weighted by atomic mass is 31.0. The Morgan fingerprint density at radius 1 is 1.54 bits per heavy atom. The molecule has 1 atom stereocenters. The summed E-state index contributed by atoms with van der Waals surface area (Å²) in [6.45, 7) is 3.72. The Labute approximate surface area is 80.9 Å². The molecule has 0 heterocycles. The van der Waals surface area contributed by atoms with E-state index >= 15 is 0 Å². The van der Waals surface area contributed by atoms with Gasteiger partial charge in [0, 0.05) is 12.6 Å². The predicted molar refractivity (Wildman–Crippen MR) is 61.6 cm³/mol. The molecule has 0 saturated carbocycles. The third-order valence-electron chi connectivity index (χ3n) is 1.66. The summed E-state index contributed by atoms with van der Waals surface area (Å²) in [5, 5.41) is 5.23. The van der Waals surface area contributed by atoms with Gasteiger partial charge in [0.05, 0.1) is 5.71 Å². The molecule has 0 bridgehead atoms. The molecule has 1 rings (SSSR count). The number of allylic oxidation sites excluding steroid dienone is 1. The van der Waals surface area contributed by atoms with Crippen molar-refractivity contribution in [3.05, 3.63) is 42.5 Å². The molecular weight excluding hydrogens is 179 g/mol. The molecule has 1 N–H and O–H groups in total. The van der Waals surface area contributed by atoms with Gasteiger partial charge in [-0.25, -0.2) is 0 Å². The summed E-state index contributed by atoms with van der Waals surface area (Å²) in [6.07, 6.45) is 1.74. The fourth-order valence-corrected chi connectivity index (χ4v) is 1.42. The molecule has 2 nitrogen and oxygen atoms in total. The summed E-state index contributed by atoms with van der Waals surface area (Å²) in [6, 6.07) is 8.01. The smallest absolute Gasteiger partial charge is 0.0901 e. The molecule has 1 aromatic rings. The molecule has 0 fully saturated rings. The molecule has 0 spiro atoms. The molecule has 0 aromatic heterocycles. The summed E-state index contributed by atoms with van der Waals surface area (Å²) in [5.41, 5.74) is 4.69. The maximum atomic E-state index is 4.11. The molecule has 1 aromatic carbocycles. The van der Waals surface area contributed by atoms with Gasteiger partial charge in [-0.15, -0.1) is 9.24 Å². The van der Waals surface area contributed by atoms with Crippen LogP contribution in [0.3, 0.4) is 0 Å². The second kappa shape index (κ2) is 4.78. The van der Waals surface area contributed by atoms with Crippen LogP contribution in [0.2, 0.25) is 0 Å². The molecular formula is C10H13N2P. The zero-order valence-electron chi connectivity index (χ0n) is 7.62. The number of hydrogen-bond donors (Lipinski definition) is 1. The van der Waals surface area contributed by atoms with Gasteiger partial charge in [-0.3, -0.25) is 0 Å². The highest BCUT2D eigenvalue weighted by Gasteiger charge is 2.01. The summed E-state index contributed by atoms with van der Waals surface area (Å²) < 4.78 is 0. The van der Waals surface area contributed by atoms with Crippen molar-refractivity contribution in [1.82, 2.24) is 5.43 Å². The third-order valence-corrected chi connectivity index (χ3v) is 2.17. The van der Waals surface area contributed by atoms with Gasteiger partial charge < -0.3 is 5.43 Å². The van der Waals surface area contributed by atoms with Crippen LogP contribution < -0.4 is 10.7 Å². The third kappa shape index (κ3) is 2.40. The first-order chi connectivity index (χ1) is 6.29. The Kier molecular flexibility index (Phi) is 3.66. The van der Waals surface area contributed by atoms with E-state index in [-0.39, 0.29) is 0 Å².